The first-order chi connectivity index (χ1) is 14.5. The molecule has 158 valence electrons. The summed E-state index contributed by atoms with van der Waals surface area (Å²) in [6, 6.07) is 16.4. The van der Waals surface area contributed by atoms with Gasteiger partial charge < -0.3 is 24.8 Å². The van der Waals surface area contributed by atoms with Crippen LogP contribution in [0.15, 0.2) is 59.4 Å². The van der Waals surface area contributed by atoms with Crippen LogP contribution in [0.2, 0.25) is 0 Å². The zero-order valence-corrected chi connectivity index (χ0v) is 17.7. The van der Waals surface area contributed by atoms with Gasteiger partial charge in [0.1, 0.15) is 5.75 Å². The third kappa shape index (κ3) is 5.61. The number of hydrogen-bond acceptors (Lipinski definition) is 3. The number of hydrogen-bond donors (Lipinski definition) is 3. The molecule has 1 aromatic heterocycles. The predicted molar refractivity (Wildman–Crippen MR) is 119 cm³/mol. The standard InChI is InChI=1S/C23H28N4O3/c1-26(2)12-7-13-27(23(29)24-19-8-5-4-6-9-19)16-18-14-17-15-20(30-3)10-11-21(17)25-22(18)28/h4-6,8-11,14-15H,7,12-13,16H2,1-3H3,(H,24,29)(H,25,28)/p+1. The molecule has 0 aliphatic carbocycles. The summed E-state index contributed by atoms with van der Waals surface area (Å²) in [5.74, 6) is 0.716. The van der Waals surface area contributed by atoms with E-state index in [-0.39, 0.29) is 18.1 Å². The molecule has 1 heterocycles. The number of quaternary nitrogens is 1. The summed E-state index contributed by atoms with van der Waals surface area (Å²) < 4.78 is 5.28. The summed E-state index contributed by atoms with van der Waals surface area (Å²) in [4.78, 5) is 31.5. The van der Waals surface area contributed by atoms with Gasteiger partial charge in [0.25, 0.3) is 5.56 Å². The summed E-state index contributed by atoms with van der Waals surface area (Å²) in [5.41, 5.74) is 1.81. The van der Waals surface area contributed by atoms with Gasteiger partial charge in [-0.2, -0.15) is 0 Å². The first-order valence-electron chi connectivity index (χ1n) is 10.1. The molecule has 0 spiro atoms. The lowest BCUT2D eigenvalue weighted by Gasteiger charge is -2.23. The minimum absolute atomic E-state index is 0.191. The number of aromatic amines is 1. The van der Waals surface area contributed by atoms with Crippen molar-refractivity contribution in [2.75, 3.05) is 39.6 Å². The average molecular weight is 410 g/mol. The molecule has 0 bridgehead atoms. The summed E-state index contributed by atoms with van der Waals surface area (Å²) in [7, 11) is 5.77. The SMILES string of the molecule is COc1ccc2[nH]c(=O)c(CN(CCC[NH+](C)C)C(=O)Nc3ccccc3)cc2c1. The summed E-state index contributed by atoms with van der Waals surface area (Å²) in [6.45, 7) is 1.71. The number of carbonyl (C=O) groups excluding carboxylic acids is 1. The van der Waals surface area contributed by atoms with Crippen molar-refractivity contribution in [2.24, 2.45) is 0 Å². The molecule has 0 unspecified atom stereocenters. The van der Waals surface area contributed by atoms with E-state index in [1.54, 1.807) is 18.1 Å². The fourth-order valence-corrected chi connectivity index (χ4v) is 3.28. The Balaban J connectivity index is 1.84. The number of amides is 2. The highest BCUT2D eigenvalue weighted by molar-refractivity contribution is 5.89. The fraction of sp³-hybridized carbons (Fsp3) is 0.304. The second kappa shape index (κ2) is 9.93. The Morgan fingerprint density at radius 3 is 2.60 bits per heavy atom. The molecule has 2 aromatic carbocycles. The van der Waals surface area contributed by atoms with Crippen LogP contribution in [0.3, 0.4) is 0 Å². The maximum atomic E-state index is 12.9. The molecule has 0 aliphatic rings. The number of nitrogens with one attached hydrogen (secondary N) is 3. The highest BCUT2D eigenvalue weighted by Crippen LogP contribution is 2.19. The highest BCUT2D eigenvalue weighted by atomic mass is 16.5. The molecule has 0 aliphatic heterocycles. The number of anilines is 1. The van der Waals surface area contributed by atoms with Gasteiger partial charge in [-0.15, -0.1) is 0 Å². The Hall–Kier alpha value is -3.32. The molecule has 0 radical (unpaired) electrons. The summed E-state index contributed by atoms with van der Waals surface area (Å²) in [6.07, 6.45) is 0.837. The van der Waals surface area contributed by atoms with E-state index in [4.69, 9.17) is 4.74 Å². The topological polar surface area (TPSA) is 78.9 Å². The molecule has 7 heteroatoms. The van der Waals surface area contributed by atoms with Gasteiger partial charge in [0.15, 0.2) is 0 Å². The van der Waals surface area contributed by atoms with Crippen LogP contribution in [-0.2, 0) is 6.54 Å². The molecule has 3 N–H and O–H groups in total. The van der Waals surface area contributed by atoms with Crippen molar-refractivity contribution < 1.29 is 14.4 Å². The zero-order valence-electron chi connectivity index (χ0n) is 17.7. The van der Waals surface area contributed by atoms with Crippen LogP contribution in [0.25, 0.3) is 10.9 Å². The van der Waals surface area contributed by atoms with Crippen molar-refractivity contribution in [2.45, 2.75) is 13.0 Å². The largest absolute Gasteiger partial charge is 0.497 e. The Morgan fingerprint density at radius 1 is 1.13 bits per heavy atom. The van der Waals surface area contributed by atoms with Crippen LogP contribution in [0.1, 0.15) is 12.0 Å². The van der Waals surface area contributed by atoms with Gasteiger partial charge in [0.05, 0.1) is 34.3 Å². The molecular formula is C23H29N4O3+. The van der Waals surface area contributed by atoms with Crippen molar-refractivity contribution in [1.82, 2.24) is 9.88 Å². The number of ether oxygens (including phenoxy) is 1. The number of pyridine rings is 1. The van der Waals surface area contributed by atoms with Crippen molar-refractivity contribution in [3.63, 3.8) is 0 Å². The van der Waals surface area contributed by atoms with E-state index in [0.29, 0.717) is 17.9 Å². The van der Waals surface area contributed by atoms with Gasteiger partial charge in [0, 0.05) is 35.1 Å². The monoisotopic (exact) mass is 409 g/mol. The fourth-order valence-electron chi connectivity index (χ4n) is 3.28. The average Bonchev–Trinajstić information content (AvgIpc) is 2.73. The van der Waals surface area contributed by atoms with E-state index in [1.807, 2.05) is 48.5 Å². The Kier molecular flexibility index (Phi) is 7.08. The minimum atomic E-state index is -0.222. The molecule has 0 fully saturated rings. The third-order valence-electron chi connectivity index (χ3n) is 4.91. The van der Waals surface area contributed by atoms with E-state index in [9.17, 15) is 9.59 Å². The molecular weight excluding hydrogens is 380 g/mol. The number of benzene rings is 2. The van der Waals surface area contributed by atoms with Crippen LogP contribution >= 0.6 is 0 Å². The molecule has 30 heavy (non-hydrogen) atoms. The van der Waals surface area contributed by atoms with Gasteiger partial charge >= 0.3 is 6.03 Å². The van der Waals surface area contributed by atoms with Crippen LogP contribution < -0.4 is 20.5 Å². The van der Waals surface area contributed by atoms with Crippen LogP contribution in [0.4, 0.5) is 10.5 Å². The van der Waals surface area contributed by atoms with Crippen molar-refractivity contribution in [3.05, 3.63) is 70.5 Å². The van der Waals surface area contributed by atoms with Crippen LogP contribution in [-0.4, -0.2) is 50.2 Å². The Bertz CT molecular complexity index is 1050. The van der Waals surface area contributed by atoms with Crippen molar-refractivity contribution in [1.29, 1.82) is 0 Å². The second-order valence-electron chi connectivity index (χ2n) is 7.61. The van der Waals surface area contributed by atoms with Gasteiger partial charge in [-0.3, -0.25) is 4.79 Å². The first-order valence-corrected chi connectivity index (χ1v) is 10.1. The second-order valence-corrected chi connectivity index (χ2v) is 7.61. The predicted octanol–water partition coefficient (Wildman–Crippen LogP) is 2.11. The van der Waals surface area contributed by atoms with Gasteiger partial charge in [-0.05, 0) is 36.4 Å². The van der Waals surface area contributed by atoms with E-state index in [0.717, 1.165) is 29.6 Å². The number of para-hydroxylation sites is 1. The lowest BCUT2D eigenvalue weighted by atomic mass is 10.1. The zero-order chi connectivity index (χ0) is 21.5. The number of nitrogens with zero attached hydrogens (tertiary/aromatic N) is 1. The van der Waals surface area contributed by atoms with E-state index in [2.05, 4.69) is 24.4 Å². The van der Waals surface area contributed by atoms with Gasteiger partial charge in [-0.25, -0.2) is 4.79 Å². The number of aromatic nitrogens is 1. The van der Waals surface area contributed by atoms with Gasteiger partial charge in [0.2, 0.25) is 0 Å². The Labute approximate surface area is 176 Å². The van der Waals surface area contributed by atoms with E-state index >= 15 is 0 Å². The quantitative estimate of drug-likeness (QED) is 0.533. The summed E-state index contributed by atoms with van der Waals surface area (Å²) >= 11 is 0. The maximum absolute atomic E-state index is 12.9. The minimum Gasteiger partial charge on any atom is -0.497 e. The molecule has 3 rings (SSSR count). The van der Waals surface area contributed by atoms with Crippen LogP contribution in [0, 0.1) is 0 Å². The smallest absolute Gasteiger partial charge is 0.322 e. The highest BCUT2D eigenvalue weighted by Gasteiger charge is 2.17. The number of rotatable bonds is 8. The Morgan fingerprint density at radius 2 is 1.90 bits per heavy atom. The molecule has 7 nitrogen and oxygen atoms in total. The van der Waals surface area contributed by atoms with Gasteiger partial charge in [-0.1, -0.05) is 18.2 Å². The van der Waals surface area contributed by atoms with E-state index < -0.39 is 0 Å². The van der Waals surface area contributed by atoms with Crippen LogP contribution in [0.5, 0.6) is 5.75 Å². The normalized spacial score (nSPS) is 10.9. The number of urea groups is 1. The van der Waals surface area contributed by atoms with E-state index in [1.165, 1.54) is 4.90 Å². The molecule has 0 saturated heterocycles. The molecule has 0 saturated carbocycles. The maximum Gasteiger partial charge on any atom is 0.322 e. The lowest BCUT2D eigenvalue weighted by molar-refractivity contribution is -0.858. The molecule has 3 aromatic rings. The number of carbonyl (C=O) groups is 1. The third-order valence-corrected chi connectivity index (χ3v) is 4.91. The number of fused-ring (bicyclic) bond motifs is 1. The number of H-pyrrole nitrogens is 1. The van der Waals surface area contributed by atoms with Crippen molar-refractivity contribution in [3.8, 4) is 5.75 Å². The summed E-state index contributed by atoms with van der Waals surface area (Å²) in [5, 5.41) is 3.79. The number of methoxy groups -OCH3 is 1. The molecule has 0 atom stereocenters. The first kappa shape index (κ1) is 21.4. The lowest BCUT2D eigenvalue weighted by Crippen LogP contribution is -3.05. The molecule has 2 amide bonds. The van der Waals surface area contributed by atoms with Crippen molar-refractivity contribution >= 4 is 22.6 Å².